The van der Waals surface area contributed by atoms with Gasteiger partial charge in [0.2, 0.25) is 6.79 Å². The van der Waals surface area contributed by atoms with Gasteiger partial charge in [0.25, 0.3) is 0 Å². The predicted molar refractivity (Wildman–Crippen MR) is 79.8 cm³/mol. The monoisotopic (exact) mass is 306 g/mol. The van der Waals surface area contributed by atoms with E-state index in [4.69, 9.17) is 20.5 Å². The van der Waals surface area contributed by atoms with Crippen LogP contribution in [0.4, 0.5) is 5.82 Å². The fourth-order valence-corrected chi connectivity index (χ4v) is 2.27. The molecule has 1 aromatic carbocycles. The second-order valence-electron chi connectivity index (χ2n) is 4.81. The second-order valence-corrected chi connectivity index (χ2v) is 4.81. The minimum absolute atomic E-state index is 0.225. The molecule has 2 N–H and O–H groups in total. The molecule has 0 atom stereocenters. The molecule has 23 heavy (non-hydrogen) atoms. The standard InChI is InChI=1S/C15H10N6O2/c16-6-10-7-18-21(15(10)17)14-4-2-11(19-20-14)9-1-3-12-13(5-9)23-8-22-12/h1-5,7H,8,17H2. The molecule has 0 amide bonds. The van der Waals surface area contributed by atoms with E-state index < -0.39 is 0 Å². The van der Waals surface area contributed by atoms with Crippen LogP contribution < -0.4 is 15.2 Å². The molecule has 8 heteroatoms. The van der Waals surface area contributed by atoms with Crippen molar-refractivity contribution in [2.24, 2.45) is 0 Å². The summed E-state index contributed by atoms with van der Waals surface area (Å²) in [7, 11) is 0. The Morgan fingerprint density at radius 3 is 2.74 bits per heavy atom. The Bertz CT molecular complexity index is 926. The lowest BCUT2D eigenvalue weighted by atomic mass is 10.1. The molecular weight excluding hydrogens is 296 g/mol. The maximum atomic E-state index is 8.91. The Balaban J connectivity index is 1.68. The normalized spacial score (nSPS) is 12.1. The zero-order chi connectivity index (χ0) is 15.8. The summed E-state index contributed by atoms with van der Waals surface area (Å²) in [5.41, 5.74) is 7.67. The number of benzene rings is 1. The molecule has 0 unspecified atom stereocenters. The molecule has 3 heterocycles. The molecule has 2 aromatic heterocycles. The van der Waals surface area contributed by atoms with Crippen LogP contribution in [0.3, 0.4) is 0 Å². The fraction of sp³-hybridized carbons (Fsp3) is 0.0667. The molecule has 1 aliphatic rings. The first-order chi connectivity index (χ1) is 11.3. The van der Waals surface area contributed by atoms with Gasteiger partial charge in [0.1, 0.15) is 17.5 Å². The molecule has 0 bridgehead atoms. The molecule has 0 saturated carbocycles. The van der Waals surface area contributed by atoms with Gasteiger partial charge >= 0.3 is 0 Å². The van der Waals surface area contributed by atoms with Gasteiger partial charge in [0.05, 0.1) is 11.9 Å². The van der Waals surface area contributed by atoms with Gasteiger partial charge < -0.3 is 15.2 Å². The third-order valence-electron chi connectivity index (χ3n) is 3.46. The van der Waals surface area contributed by atoms with Crippen LogP contribution in [-0.4, -0.2) is 26.8 Å². The second kappa shape index (κ2) is 4.99. The average Bonchev–Trinajstić information content (AvgIpc) is 3.20. The van der Waals surface area contributed by atoms with Crippen molar-refractivity contribution in [2.45, 2.75) is 0 Å². The number of rotatable bonds is 2. The zero-order valence-electron chi connectivity index (χ0n) is 11.8. The molecule has 112 valence electrons. The summed E-state index contributed by atoms with van der Waals surface area (Å²) < 4.78 is 12.0. The average molecular weight is 306 g/mol. The van der Waals surface area contributed by atoms with E-state index >= 15 is 0 Å². The third kappa shape index (κ3) is 2.11. The van der Waals surface area contributed by atoms with Crippen molar-refractivity contribution in [3.8, 4) is 34.6 Å². The van der Waals surface area contributed by atoms with E-state index in [9.17, 15) is 0 Å². The number of anilines is 1. The number of ether oxygens (including phenoxy) is 2. The predicted octanol–water partition coefficient (Wildman–Crippen LogP) is 1.51. The lowest BCUT2D eigenvalue weighted by Crippen LogP contribution is -2.05. The number of fused-ring (bicyclic) bond motifs is 1. The van der Waals surface area contributed by atoms with Crippen molar-refractivity contribution in [3.05, 3.63) is 42.1 Å². The molecule has 0 aliphatic carbocycles. The molecule has 0 saturated heterocycles. The largest absolute Gasteiger partial charge is 0.454 e. The lowest BCUT2D eigenvalue weighted by molar-refractivity contribution is 0.174. The molecule has 8 nitrogen and oxygen atoms in total. The molecular formula is C15H10N6O2. The summed E-state index contributed by atoms with van der Waals surface area (Å²) in [4.78, 5) is 0. The smallest absolute Gasteiger partial charge is 0.231 e. The van der Waals surface area contributed by atoms with Crippen molar-refractivity contribution < 1.29 is 9.47 Å². The zero-order valence-corrected chi connectivity index (χ0v) is 11.8. The van der Waals surface area contributed by atoms with Crippen molar-refractivity contribution >= 4 is 5.82 Å². The molecule has 1 aliphatic heterocycles. The van der Waals surface area contributed by atoms with Crippen molar-refractivity contribution in [2.75, 3.05) is 12.5 Å². The van der Waals surface area contributed by atoms with Crippen molar-refractivity contribution in [1.82, 2.24) is 20.0 Å². The maximum absolute atomic E-state index is 8.91. The Morgan fingerprint density at radius 2 is 2.00 bits per heavy atom. The summed E-state index contributed by atoms with van der Waals surface area (Å²) in [5.74, 6) is 2.07. The molecule has 4 rings (SSSR count). The van der Waals surface area contributed by atoms with E-state index in [1.54, 1.807) is 12.1 Å². The Labute approximate surface area is 130 Å². The summed E-state index contributed by atoms with van der Waals surface area (Å²) in [6, 6.07) is 11.1. The van der Waals surface area contributed by atoms with Crippen LogP contribution in [0.1, 0.15) is 5.56 Å². The highest BCUT2D eigenvalue weighted by Crippen LogP contribution is 2.35. The van der Waals surface area contributed by atoms with Crippen molar-refractivity contribution in [1.29, 1.82) is 5.26 Å². The first kappa shape index (κ1) is 13.1. The lowest BCUT2D eigenvalue weighted by Gasteiger charge is -2.05. The Morgan fingerprint density at radius 1 is 1.13 bits per heavy atom. The molecule has 0 radical (unpaired) electrons. The summed E-state index contributed by atoms with van der Waals surface area (Å²) >= 11 is 0. The molecule has 0 fully saturated rings. The minimum Gasteiger partial charge on any atom is -0.454 e. The summed E-state index contributed by atoms with van der Waals surface area (Å²) in [6.45, 7) is 0.225. The van der Waals surface area contributed by atoms with Crippen molar-refractivity contribution in [3.63, 3.8) is 0 Å². The first-order valence-corrected chi connectivity index (χ1v) is 6.74. The van der Waals surface area contributed by atoms with Gasteiger partial charge in [-0.2, -0.15) is 15.0 Å². The summed E-state index contributed by atoms with van der Waals surface area (Å²) in [5, 5.41) is 21.2. The van der Waals surface area contributed by atoms with Gasteiger partial charge in [-0.1, -0.05) is 0 Å². The highest BCUT2D eigenvalue weighted by molar-refractivity contribution is 5.64. The third-order valence-corrected chi connectivity index (χ3v) is 3.46. The van der Waals surface area contributed by atoms with Gasteiger partial charge in [-0.15, -0.1) is 10.2 Å². The minimum atomic E-state index is 0.225. The van der Waals surface area contributed by atoms with Gasteiger partial charge in [-0.3, -0.25) is 0 Å². The van der Waals surface area contributed by atoms with Crippen LogP contribution >= 0.6 is 0 Å². The van der Waals surface area contributed by atoms with Crippen LogP contribution in [0.15, 0.2) is 36.5 Å². The number of nitrogens with zero attached hydrogens (tertiary/aromatic N) is 5. The topological polar surface area (TPSA) is 112 Å². The first-order valence-electron chi connectivity index (χ1n) is 6.74. The van der Waals surface area contributed by atoms with Gasteiger partial charge in [-0.25, -0.2) is 0 Å². The van der Waals surface area contributed by atoms with Crippen LogP contribution in [-0.2, 0) is 0 Å². The number of aromatic nitrogens is 4. The van der Waals surface area contributed by atoms with E-state index in [0.29, 0.717) is 28.6 Å². The summed E-state index contributed by atoms with van der Waals surface area (Å²) in [6.07, 6.45) is 1.39. The van der Waals surface area contributed by atoms with Crippen LogP contribution in [0.5, 0.6) is 11.5 Å². The number of hydrogen-bond acceptors (Lipinski definition) is 7. The highest BCUT2D eigenvalue weighted by atomic mass is 16.7. The van der Waals surface area contributed by atoms with E-state index in [1.807, 2.05) is 24.3 Å². The van der Waals surface area contributed by atoms with Crippen LogP contribution in [0.2, 0.25) is 0 Å². The fourth-order valence-electron chi connectivity index (χ4n) is 2.27. The number of nitriles is 1. The van der Waals surface area contributed by atoms with E-state index in [1.165, 1.54) is 10.9 Å². The van der Waals surface area contributed by atoms with Gasteiger partial charge in [-0.05, 0) is 30.3 Å². The molecule has 3 aromatic rings. The Kier molecular flexibility index (Phi) is 2.84. The van der Waals surface area contributed by atoms with Gasteiger partial charge in [0.15, 0.2) is 17.3 Å². The number of nitrogens with two attached hydrogens (primary N) is 1. The van der Waals surface area contributed by atoms with E-state index in [0.717, 1.165) is 5.56 Å². The SMILES string of the molecule is N#Cc1cnn(-c2ccc(-c3ccc4c(c3)OCO4)nn2)c1N. The quantitative estimate of drug-likeness (QED) is 0.763. The number of hydrogen-bond donors (Lipinski definition) is 1. The molecule has 0 spiro atoms. The van der Waals surface area contributed by atoms with E-state index in [2.05, 4.69) is 15.3 Å². The van der Waals surface area contributed by atoms with Crippen LogP contribution in [0.25, 0.3) is 17.1 Å². The Hall–Kier alpha value is -3.60. The number of nitrogen functional groups attached to an aromatic ring is 1. The highest BCUT2D eigenvalue weighted by Gasteiger charge is 2.15. The van der Waals surface area contributed by atoms with Crippen LogP contribution in [0, 0.1) is 11.3 Å². The van der Waals surface area contributed by atoms with E-state index in [-0.39, 0.29) is 12.6 Å². The maximum Gasteiger partial charge on any atom is 0.231 e. The van der Waals surface area contributed by atoms with Gasteiger partial charge in [0, 0.05) is 5.56 Å².